The van der Waals surface area contributed by atoms with Crippen molar-refractivity contribution in [2.24, 2.45) is 5.73 Å². The molecule has 2 aromatic carbocycles. The summed E-state index contributed by atoms with van der Waals surface area (Å²) in [6.07, 6.45) is 1.84. The van der Waals surface area contributed by atoms with Crippen LogP contribution >= 0.6 is 23.2 Å². The lowest BCUT2D eigenvalue weighted by Crippen LogP contribution is -2.21. The first-order valence-electron chi connectivity index (χ1n) is 6.98. The van der Waals surface area contributed by atoms with E-state index < -0.39 is 0 Å². The SMILES string of the molecule is CCC(N)Cc1ccc(Oc2cccc(Cl)c2Cl)c(C)c1. The van der Waals surface area contributed by atoms with Crippen molar-refractivity contribution in [2.75, 3.05) is 0 Å². The minimum Gasteiger partial charge on any atom is -0.455 e. The van der Waals surface area contributed by atoms with E-state index in [-0.39, 0.29) is 6.04 Å². The molecule has 1 atom stereocenters. The lowest BCUT2D eigenvalue weighted by molar-refractivity contribution is 0.478. The molecule has 4 heteroatoms. The molecule has 0 fully saturated rings. The van der Waals surface area contributed by atoms with Gasteiger partial charge < -0.3 is 10.5 Å². The molecule has 21 heavy (non-hydrogen) atoms. The first kappa shape index (κ1) is 16.2. The lowest BCUT2D eigenvalue weighted by Gasteiger charge is -2.13. The van der Waals surface area contributed by atoms with Crippen molar-refractivity contribution in [1.29, 1.82) is 0 Å². The van der Waals surface area contributed by atoms with E-state index in [9.17, 15) is 0 Å². The molecule has 0 aliphatic carbocycles. The van der Waals surface area contributed by atoms with Crippen LogP contribution in [0, 0.1) is 6.92 Å². The summed E-state index contributed by atoms with van der Waals surface area (Å²) >= 11 is 12.1. The van der Waals surface area contributed by atoms with Crippen molar-refractivity contribution in [3.63, 3.8) is 0 Å². The first-order chi connectivity index (χ1) is 10.0. The molecule has 0 aliphatic rings. The molecule has 1 unspecified atom stereocenters. The standard InChI is InChI=1S/C17H19Cl2NO/c1-3-13(20)10-12-7-8-15(11(2)9-12)21-16-6-4-5-14(18)17(16)19/h4-9,13H,3,10,20H2,1-2H3. The maximum Gasteiger partial charge on any atom is 0.147 e. The summed E-state index contributed by atoms with van der Waals surface area (Å²) < 4.78 is 5.86. The molecular formula is C17H19Cl2NO. The molecule has 0 amide bonds. The normalized spacial score (nSPS) is 12.2. The minimum atomic E-state index is 0.193. The fraction of sp³-hybridized carbons (Fsp3) is 0.294. The number of aryl methyl sites for hydroxylation is 1. The molecule has 2 nitrogen and oxygen atoms in total. The second kappa shape index (κ2) is 7.17. The van der Waals surface area contributed by atoms with E-state index in [1.165, 1.54) is 5.56 Å². The Kier molecular flexibility index (Phi) is 5.51. The van der Waals surface area contributed by atoms with Gasteiger partial charge in [-0.2, -0.15) is 0 Å². The molecule has 0 bridgehead atoms. The Balaban J connectivity index is 2.19. The van der Waals surface area contributed by atoms with Crippen molar-refractivity contribution < 1.29 is 4.74 Å². The molecule has 0 spiro atoms. The van der Waals surface area contributed by atoms with E-state index in [1.807, 2.05) is 25.1 Å². The van der Waals surface area contributed by atoms with Gasteiger partial charge in [0.2, 0.25) is 0 Å². The van der Waals surface area contributed by atoms with Gasteiger partial charge in [-0.05, 0) is 49.1 Å². The molecule has 112 valence electrons. The van der Waals surface area contributed by atoms with Crippen LogP contribution < -0.4 is 10.5 Å². The fourth-order valence-corrected chi connectivity index (χ4v) is 2.41. The average Bonchev–Trinajstić information content (AvgIpc) is 2.46. The van der Waals surface area contributed by atoms with Crippen LogP contribution in [0.2, 0.25) is 10.0 Å². The van der Waals surface area contributed by atoms with Crippen LogP contribution in [0.5, 0.6) is 11.5 Å². The fourth-order valence-electron chi connectivity index (χ4n) is 2.08. The van der Waals surface area contributed by atoms with E-state index >= 15 is 0 Å². The number of halogens is 2. The third-order valence-electron chi connectivity index (χ3n) is 3.40. The Labute approximate surface area is 135 Å². The van der Waals surface area contributed by atoms with E-state index in [2.05, 4.69) is 13.0 Å². The van der Waals surface area contributed by atoms with E-state index in [0.717, 1.165) is 24.2 Å². The molecule has 0 aliphatic heterocycles. The zero-order chi connectivity index (χ0) is 15.4. The Hall–Kier alpha value is -1.22. The van der Waals surface area contributed by atoms with Gasteiger partial charge in [-0.25, -0.2) is 0 Å². The highest BCUT2D eigenvalue weighted by Gasteiger charge is 2.09. The number of ether oxygens (including phenoxy) is 1. The Morgan fingerprint density at radius 1 is 1.14 bits per heavy atom. The van der Waals surface area contributed by atoms with Gasteiger partial charge in [-0.1, -0.05) is 48.3 Å². The molecule has 2 aromatic rings. The monoisotopic (exact) mass is 323 g/mol. The van der Waals surface area contributed by atoms with Gasteiger partial charge >= 0.3 is 0 Å². The molecule has 0 radical (unpaired) electrons. The summed E-state index contributed by atoms with van der Waals surface area (Å²) in [5, 5.41) is 0.910. The van der Waals surface area contributed by atoms with E-state index in [1.54, 1.807) is 12.1 Å². The molecule has 2 rings (SSSR count). The van der Waals surface area contributed by atoms with Gasteiger partial charge in [0.1, 0.15) is 16.5 Å². The highest BCUT2D eigenvalue weighted by molar-refractivity contribution is 6.42. The van der Waals surface area contributed by atoms with Gasteiger partial charge in [0, 0.05) is 6.04 Å². The number of hydrogen-bond acceptors (Lipinski definition) is 2. The van der Waals surface area contributed by atoms with Crippen LogP contribution in [0.1, 0.15) is 24.5 Å². The van der Waals surface area contributed by atoms with Crippen molar-refractivity contribution in [3.05, 3.63) is 57.6 Å². The topological polar surface area (TPSA) is 35.2 Å². The van der Waals surface area contributed by atoms with Crippen LogP contribution in [-0.2, 0) is 6.42 Å². The summed E-state index contributed by atoms with van der Waals surface area (Å²) in [4.78, 5) is 0. The summed E-state index contributed by atoms with van der Waals surface area (Å²) in [5.41, 5.74) is 8.25. The quantitative estimate of drug-likeness (QED) is 0.802. The molecule has 0 saturated heterocycles. The Morgan fingerprint density at radius 2 is 1.90 bits per heavy atom. The van der Waals surface area contributed by atoms with Crippen LogP contribution in [0.4, 0.5) is 0 Å². The highest BCUT2D eigenvalue weighted by Crippen LogP contribution is 2.35. The number of rotatable bonds is 5. The Bertz CT molecular complexity index is 628. The number of benzene rings is 2. The number of hydrogen-bond donors (Lipinski definition) is 1. The van der Waals surface area contributed by atoms with Crippen molar-refractivity contribution in [3.8, 4) is 11.5 Å². The predicted molar refractivity (Wildman–Crippen MR) is 89.7 cm³/mol. The van der Waals surface area contributed by atoms with Crippen molar-refractivity contribution in [1.82, 2.24) is 0 Å². The minimum absolute atomic E-state index is 0.193. The number of nitrogens with two attached hydrogens (primary N) is 1. The van der Waals surface area contributed by atoms with Gasteiger partial charge in [0.25, 0.3) is 0 Å². The van der Waals surface area contributed by atoms with Gasteiger partial charge in [0.15, 0.2) is 0 Å². The van der Waals surface area contributed by atoms with Crippen molar-refractivity contribution >= 4 is 23.2 Å². The summed E-state index contributed by atoms with van der Waals surface area (Å²) in [7, 11) is 0. The zero-order valence-corrected chi connectivity index (χ0v) is 13.7. The Morgan fingerprint density at radius 3 is 2.57 bits per heavy atom. The highest BCUT2D eigenvalue weighted by atomic mass is 35.5. The van der Waals surface area contributed by atoms with E-state index in [0.29, 0.717) is 15.8 Å². The molecular weight excluding hydrogens is 305 g/mol. The zero-order valence-electron chi connectivity index (χ0n) is 12.2. The maximum absolute atomic E-state index is 6.14. The van der Waals surface area contributed by atoms with Gasteiger partial charge in [0.05, 0.1) is 5.02 Å². The van der Waals surface area contributed by atoms with Crippen LogP contribution in [-0.4, -0.2) is 6.04 Å². The van der Waals surface area contributed by atoms with Crippen LogP contribution in [0.15, 0.2) is 36.4 Å². The molecule has 0 saturated carbocycles. The molecule has 2 N–H and O–H groups in total. The average molecular weight is 324 g/mol. The first-order valence-corrected chi connectivity index (χ1v) is 7.73. The third kappa shape index (κ3) is 4.13. The third-order valence-corrected chi connectivity index (χ3v) is 4.20. The van der Waals surface area contributed by atoms with Gasteiger partial charge in [-0.3, -0.25) is 0 Å². The summed E-state index contributed by atoms with van der Waals surface area (Å²) in [6, 6.07) is 11.6. The second-order valence-electron chi connectivity index (χ2n) is 5.13. The van der Waals surface area contributed by atoms with Crippen LogP contribution in [0.3, 0.4) is 0 Å². The van der Waals surface area contributed by atoms with Gasteiger partial charge in [-0.15, -0.1) is 0 Å². The van der Waals surface area contributed by atoms with Crippen molar-refractivity contribution in [2.45, 2.75) is 32.7 Å². The smallest absolute Gasteiger partial charge is 0.147 e. The second-order valence-corrected chi connectivity index (χ2v) is 5.91. The summed E-state index contributed by atoms with van der Waals surface area (Å²) in [6.45, 7) is 4.10. The predicted octanol–water partition coefficient (Wildman–Crippen LogP) is 5.37. The van der Waals surface area contributed by atoms with Crippen LogP contribution in [0.25, 0.3) is 0 Å². The lowest BCUT2D eigenvalue weighted by atomic mass is 10.0. The molecule has 0 aromatic heterocycles. The molecule has 0 heterocycles. The van der Waals surface area contributed by atoms with E-state index in [4.69, 9.17) is 33.7 Å². The summed E-state index contributed by atoms with van der Waals surface area (Å²) in [5.74, 6) is 1.33. The maximum atomic E-state index is 6.14. The largest absolute Gasteiger partial charge is 0.455 e.